The highest BCUT2D eigenvalue weighted by Crippen LogP contribution is 2.39. The third-order valence-electron chi connectivity index (χ3n) is 4.80. The monoisotopic (exact) mass is 460 g/mol. The smallest absolute Gasteiger partial charge is 0.225 e. The maximum atomic E-state index is 14.9. The van der Waals surface area contributed by atoms with E-state index < -0.39 is 25.5 Å². The molecule has 1 rings (SSSR count). The summed E-state index contributed by atoms with van der Waals surface area (Å²) in [4.78, 5) is 29.5. The van der Waals surface area contributed by atoms with E-state index in [4.69, 9.17) is 4.43 Å². The Hall–Kier alpha value is -1.12. The first-order valence-corrected chi connectivity index (χ1v) is 12.9. The molecule has 0 radical (unpaired) electrons. The number of rotatable bonds is 7. The van der Waals surface area contributed by atoms with Crippen LogP contribution in [0.3, 0.4) is 0 Å². The molecule has 152 valence electrons. The van der Waals surface area contributed by atoms with Gasteiger partial charge in [-0.25, -0.2) is 9.37 Å². The lowest BCUT2D eigenvalue weighted by molar-refractivity contribution is -0.117. The fraction of sp³-hybridized carbons (Fsp3) is 0.632. The van der Waals surface area contributed by atoms with Crippen LogP contribution in [-0.2, 0) is 9.22 Å². The maximum absolute atomic E-state index is 14.9. The number of aromatic nitrogens is 1. The standard InChI is InChI=1S/C19H30BrFN2O3Si/c1-13(24)23(12-19(5,6)26-27(7,8)18(2,3)4)17-16(21)14(9-10-22-17)15(25)11-20/h9-10H,11-12H2,1-8H3. The molecule has 0 bridgehead atoms. The highest BCUT2D eigenvalue weighted by Gasteiger charge is 2.42. The predicted molar refractivity (Wildman–Crippen MR) is 113 cm³/mol. The molecule has 0 aliphatic carbocycles. The summed E-state index contributed by atoms with van der Waals surface area (Å²) in [5.41, 5.74) is -0.802. The largest absolute Gasteiger partial charge is 0.410 e. The SMILES string of the molecule is CC(=O)N(CC(C)(C)O[Si](C)(C)C(C)(C)C)c1nccc(C(=O)CBr)c1F. The van der Waals surface area contributed by atoms with Crippen molar-refractivity contribution in [3.05, 3.63) is 23.6 Å². The van der Waals surface area contributed by atoms with Crippen molar-refractivity contribution in [1.29, 1.82) is 0 Å². The lowest BCUT2D eigenvalue weighted by Gasteiger charge is -2.44. The van der Waals surface area contributed by atoms with Crippen molar-refractivity contribution in [2.24, 2.45) is 0 Å². The highest BCUT2D eigenvalue weighted by atomic mass is 79.9. The Morgan fingerprint density at radius 3 is 2.26 bits per heavy atom. The molecule has 0 saturated carbocycles. The molecule has 8 heteroatoms. The number of halogens is 2. The van der Waals surface area contributed by atoms with Gasteiger partial charge in [0.1, 0.15) is 0 Å². The second kappa shape index (κ2) is 8.49. The van der Waals surface area contributed by atoms with Gasteiger partial charge in [-0.2, -0.15) is 0 Å². The summed E-state index contributed by atoms with van der Waals surface area (Å²) in [5.74, 6) is -1.71. The number of anilines is 1. The van der Waals surface area contributed by atoms with Crippen molar-refractivity contribution in [2.45, 2.75) is 65.3 Å². The highest BCUT2D eigenvalue weighted by molar-refractivity contribution is 9.09. The van der Waals surface area contributed by atoms with E-state index >= 15 is 0 Å². The summed E-state index contributed by atoms with van der Waals surface area (Å²) >= 11 is 3.04. The van der Waals surface area contributed by atoms with E-state index in [9.17, 15) is 14.0 Å². The average Bonchev–Trinajstić information content (AvgIpc) is 2.50. The van der Waals surface area contributed by atoms with Gasteiger partial charge in [-0.1, -0.05) is 36.7 Å². The number of nitrogens with zero attached hydrogens (tertiary/aromatic N) is 2. The summed E-state index contributed by atoms with van der Waals surface area (Å²) in [6, 6.07) is 1.32. The van der Waals surface area contributed by atoms with Gasteiger partial charge >= 0.3 is 0 Å². The predicted octanol–water partition coefficient (Wildman–Crippen LogP) is 4.95. The van der Waals surface area contributed by atoms with Crippen LogP contribution in [-0.4, -0.2) is 42.5 Å². The Labute approximate surface area is 170 Å². The van der Waals surface area contributed by atoms with E-state index in [2.05, 4.69) is 54.8 Å². The van der Waals surface area contributed by atoms with Gasteiger partial charge in [0.25, 0.3) is 0 Å². The second-order valence-corrected chi connectivity index (χ2v) is 14.1. The van der Waals surface area contributed by atoms with Gasteiger partial charge in [0.05, 0.1) is 23.0 Å². The summed E-state index contributed by atoms with van der Waals surface area (Å²) in [7, 11) is -2.10. The molecule has 0 unspecified atom stereocenters. The second-order valence-electron chi connectivity index (χ2n) is 8.78. The van der Waals surface area contributed by atoms with Crippen LogP contribution in [0.4, 0.5) is 10.2 Å². The molecule has 0 aliphatic rings. The first-order chi connectivity index (χ1) is 12.1. The maximum Gasteiger partial charge on any atom is 0.225 e. The number of hydrogen-bond donors (Lipinski definition) is 0. The molecular formula is C19H30BrFN2O3Si. The van der Waals surface area contributed by atoms with Gasteiger partial charge in [0, 0.05) is 13.1 Å². The lowest BCUT2D eigenvalue weighted by atomic mass is 10.1. The Balaban J connectivity index is 3.25. The van der Waals surface area contributed by atoms with Crippen molar-refractivity contribution in [3.63, 3.8) is 0 Å². The van der Waals surface area contributed by atoms with Crippen LogP contribution in [0.2, 0.25) is 18.1 Å². The van der Waals surface area contributed by atoms with Crippen LogP contribution in [0.15, 0.2) is 12.3 Å². The molecule has 0 aromatic carbocycles. The average molecular weight is 461 g/mol. The molecule has 0 N–H and O–H groups in total. The zero-order valence-corrected chi connectivity index (χ0v) is 20.0. The summed E-state index contributed by atoms with van der Waals surface area (Å²) in [6.45, 7) is 15.9. The van der Waals surface area contributed by atoms with Crippen LogP contribution in [0.5, 0.6) is 0 Å². The minimum atomic E-state index is -2.10. The summed E-state index contributed by atoms with van der Waals surface area (Å²) in [5, 5.41) is -0.00947. The normalized spacial score (nSPS) is 12.8. The number of Topliss-reactive ketones (excluding diaryl/α,β-unsaturated/α-hetero) is 1. The van der Waals surface area contributed by atoms with Crippen molar-refractivity contribution in [1.82, 2.24) is 4.98 Å². The molecule has 0 fully saturated rings. The van der Waals surface area contributed by atoms with Gasteiger partial charge in [0.15, 0.2) is 25.7 Å². The fourth-order valence-corrected chi connectivity index (χ4v) is 4.55. The van der Waals surface area contributed by atoms with Crippen LogP contribution < -0.4 is 4.90 Å². The molecular weight excluding hydrogens is 431 g/mol. The molecule has 27 heavy (non-hydrogen) atoms. The molecule has 1 aromatic heterocycles. The van der Waals surface area contributed by atoms with Gasteiger partial charge in [-0.05, 0) is 38.0 Å². The first kappa shape index (κ1) is 23.9. The Kier molecular flexibility index (Phi) is 7.52. The van der Waals surface area contributed by atoms with E-state index in [0.29, 0.717) is 0 Å². The zero-order chi connectivity index (χ0) is 21.2. The van der Waals surface area contributed by atoms with Crippen molar-refractivity contribution in [2.75, 3.05) is 16.8 Å². The molecule has 5 nitrogen and oxygen atoms in total. The molecule has 0 saturated heterocycles. The minimum Gasteiger partial charge on any atom is -0.410 e. The Bertz CT molecular complexity index is 717. The van der Waals surface area contributed by atoms with Gasteiger partial charge in [0.2, 0.25) is 5.91 Å². The van der Waals surface area contributed by atoms with Gasteiger partial charge < -0.3 is 4.43 Å². The summed E-state index contributed by atoms with van der Waals surface area (Å²) < 4.78 is 21.3. The van der Waals surface area contributed by atoms with Gasteiger partial charge in [-0.3, -0.25) is 14.5 Å². The number of hydrogen-bond acceptors (Lipinski definition) is 4. The molecule has 0 spiro atoms. The number of alkyl halides is 1. The van der Waals surface area contributed by atoms with E-state index in [1.165, 1.54) is 24.1 Å². The number of amides is 1. The topological polar surface area (TPSA) is 59.5 Å². The number of carbonyl (C=O) groups is 2. The summed E-state index contributed by atoms with van der Waals surface area (Å²) in [6.07, 6.45) is 1.34. The van der Waals surface area contributed by atoms with Crippen LogP contribution in [0, 0.1) is 5.82 Å². The fourth-order valence-electron chi connectivity index (χ4n) is 2.50. The van der Waals surface area contributed by atoms with Crippen LogP contribution in [0.25, 0.3) is 0 Å². The molecule has 1 heterocycles. The number of pyridine rings is 1. The Morgan fingerprint density at radius 1 is 1.26 bits per heavy atom. The van der Waals surface area contributed by atoms with Crippen LogP contribution >= 0.6 is 15.9 Å². The number of ketones is 1. The molecule has 1 aromatic rings. The van der Waals surface area contributed by atoms with E-state index in [1.807, 2.05) is 13.8 Å². The lowest BCUT2D eigenvalue weighted by Crippen LogP contribution is -2.52. The minimum absolute atomic E-state index is 0.00294. The third-order valence-corrected chi connectivity index (χ3v) is 9.99. The van der Waals surface area contributed by atoms with E-state index in [0.717, 1.165) is 0 Å². The van der Waals surface area contributed by atoms with E-state index in [1.54, 1.807) is 0 Å². The molecule has 1 amide bonds. The first-order valence-electron chi connectivity index (χ1n) is 8.85. The number of carbonyl (C=O) groups excluding carboxylic acids is 2. The Morgan fingerprint density at radius 2 is 1.81 bits per heavy atom. The van der Waals surface area contributed by atoms with Crippen LogP contribution in [0.1, 0.15) is 51.9 Å². The van der Waals surface area contributed by atoms with Crippen molar-refractivity contribution >= 4 is 41.8 Å². The zero-order valence-electron chi connectivity index (χ0n) is 17.4. The third kappa shape index (κ3) is 5.92. The van der Waals surface area contributed by atoms with Gasteiger partial charge in [-0.15, -0.1) is 0 Å². The molecule has 0 aliphatic heterocycles. The van der Waals surface area contributed by atoms with Crippen molar-refractivity contribution in [3.8, 4) is 0 Å². The van der Waals surface area contributed by atoms with Crippen molar-refractivity contribution < 1.29 is 18.4 Å². The quantitative estimate of drug-likeness (QED) is 0.328. The molecule has 0 atom stereocenters. The van der Waals surface area contributed by atoms with E-state index in [-0.39, 0.29) is 34.2 Å².